The van der Waals surface area contributed by atoms with E-state index in [9.17, 15) is 8.78 Å². The molecule has 0 aliphatic heterocycles. The first kappa shape index (κ1) is 13.2. The van der Waals surface area contributed by atoms with Crippen molar-refractivity contribution in [3.63, 3.8) is 0 Å². The van der Waals surface area contributed by atoms with Crippen molar-refractivity contribution in [3.8, 4) is 11.8 Å². The lowest BCUT2D eigenvalue weighted by Crippen LogP contribution is -2.01. The van der Waals surface area contributed by atoms with Gasteiger partial charge in [0.05, 0.1) is 6.54 Å². The molecule has 6 heteroatoms. The summed E-state index contributed by atoms with van der Waals surface area (Å²) in [6.07, 6.45) is 2.12. The number of hydrogen-bond acceptors (Lipinski definition) is 3. The Hall–Kier alpha value is -2.81. The van der Waals surface area contributed by atoms with E-state index in [1.807, 2.05) is 12.1 Å². The normalized spacial score (nSPS) is 10.4. The minimum absolute atomic E-state index is 0.0623. The molecule has 104 valence electrons. The lowest BCUT2D eigenvalue weighted by Gasteiger charge is -1.92. The van der Waals surface area contributed by atoms with Crippen molar-refractivity contribution in [2.45, 2.75) is 13.0 Å². The third-order valence-electron chi connectivity index (χ3n) is 2.80. The molecule has 3 aromatic rings. The van der Waals surface area contributed by atoms with E-state index in [-0.39, 0.29) is 11.0 Å². The van der Waals surface area contributed by atoms with Crippen molar-refractivity contribution in [3.05, 3.63) is 53.9 Å². The first-order valence-corrected chi connectivity index (χ1v) is 6.33. The summed E-state index contributed by atoms with van der Waals surface area (Å²) in [5.74, 6) is 4.64. The van der Waals surface area contributed by atoms with Crippen LogP contribution in [0, 0.1) is 23.5 Å². The van der Waals surface area contributed by atoms with Gasteiger partial charge in [0.25, 0.3) is 0 Å². The molecule has 0 unspecified atom stereocenters. The van der Waals surface area contributed by atoms with E-state index in [2.05, 4.69) is 27.0 Å². The smallest absolute Gasteiger partial charge is 0.153 e. The van der Waals surface area contributed by atoms with Crippen molar-refractivity contribution < 1.29 is 8.78 Å². The number of nitrogens with zero attached hydrogens (tertiary/aromatic N) is 4. The van der Waals surface area contributed by atoms with Gasteiger partial charge in [0, 0.05) is 12.6 Å². The van der Waals surface area contributed by atoms with Crippen LogP contribution in [0.15, 0.2) is 36.5 Å². The van der Waals surface area contributed by atoms with Crippen LogP contribution >= 0.6 is 0 Å². The molecule has 0 saturated carbocycles. The topological polar surface area (TPSA) is 43.6 Å². The van der Waals surface area contributed by atoms with Gasteiger partial charge >= 0.3 is 0 Å². The minimum atomic E-state index is -0.586. The molecule has 0 aliphatic carbocycles. The molecule has 0 saturated heterocycles. The Bertz CT molecular complexity index is 792. The predicted molar refractivity (Wildman–Crippen MR) is 73.2 cm³/mol. The van der Waals surface area contributed by atoms with Crippen LogP contribution in [0.3, 0.4) is 0 Å². The lowest BCUT2D eigenvalue weighted by molar-refractivity contribution is 0.549. The molecule has 0 fully saturated rings. The highest BCUT2D eigenvalue weighted by molar-refractivity contribution is 5.74. The molecule has 21 heavy (non-hydrogen) atoms. The van der Waals surface area contributed by atoms with Gasteiger partial charge in [0.2, 0.25) is 0 Å². The number of pyridine rings is 1. The zero-order valence-corrected chi connectivity index (χ0v) is 10.9. The quantitative estimate of drug-likeness (QED) is 0.679. The highest BCUT2D eigenvalue weighted by Gasteiger charge is 2.11. The number of aryl methyl sites for hydroxylation is 1. The Morgan fingerprint density at radius 3 is 2.33 bits per heavy atom. The fourth-order valence-electron chi connectivity index (χ4n) is 1.82. The second-order valence-corrected chi connectivity index (χ2v) is 4.29. The SMILES string of the molecule is Fc1ccc(F)c2nn(CCC#Cc3ccccn3)nc12. The average molecular weight is 284 g/mol. The molecule has 2 aromatic heterocycles. The molecule has 0 bridgehead atoms. The number of fused-ring (bicyclic) bond motifs is 1. The van der Waals surface area contributed by atoms with E-state index < -0.39 is 11.6 Å². The van der Waals surface area contributed by atoms with Crippen molar-refractivity contribution in [2.24, 2.45) is 0 Å². The summed E-state index contributed by atoms with van der Waals surface area (Å²) in [7, 11) is 0. The maximum atomic E-state index is 13.5. The second kappa shape index (κ2) is 5.67. The summed E-state index contributed by atoms with van der Waals surface area (Å²) < 4.78 is 26.9. The highest BCUT2D eigenvalue weighted by atomic mass is 19.1. The molecule has 0 spiro atoms. The average Bonchev–Trinajstić information content (AvgIpc) is 2.94. The van der Waals surface area contributed by atoms with Crippen molar-refractivity contribution in [1.29, 1.82) is 0 Å². The number of hydrogen-bond donors (Lipinski definition) is 0. The highest BCUT2D eigenvalue weighted by Crippen LogP contribution is 2.16. The monoisotopic (exact) mass is 284 g/mol. The number of aromatic nitrogens is 4. The Labute approximate surface area is 119 Å². The second-order valence-electron chi connectivity index (χ2n) is 4.29. The largest absolute Gasteiger partial charge is 0.248 e. The molecule has 4 nitrogen and oxygen atoms in total. The Kier molecular flexibility index (Phi) is 3.56. The Balaban J connectivity index is 1.73. The zero-order valence-electron chi connectivity index (χ0n) is 10.9. The molecule has 0 N–H and O–H groups in total. The molecule has 1 aromatic carbocycles. The van der Waals surface area contributed by atoms with Crippen LogP contribution in [-0.2, 0) is 6.54 Å². The summed E-state index contributed by atoms with van der Waals surface area (Å²) in [4.78, 5) is 5.32. The van der Waals surface area contributed by atoms with E-state index in [0.29, 0.717) is 18.7 Å². The third kappa shape index (κ3) is 2.87. The van der Waals surface area contributed by atoms with Crippen molar-refractivity contribution in [2.75, 3.05) is 0 Å². The molecule has 0 amide bonds. The van der Waals surface area contributed by atoms with Crippen molar-refractivity contribution >= 4 is 11.0 Å². The molecule has 2 heterocycles. The van der Waals surface area contributed by atoms with Gasteiger partial charge in [-0.3, -0.25) is 0 Å². The Morgan fingerprint density at radius 1 is 1.00 bits per heavy atom. The van der Waals surface area contributed by atoms with Gasteiger partial charge in [-0.25, -0.2) is 13.8 Å². The van der Waals surface area contributed by atoms with Gasteiger partial charge in [-0.1, -0.05) is 12.0 Å². The zero-order chi connectivity index (χ0) is 14.7. The summed E-state index contributed by atoms with van der Waals surface area (Å²) >= 11 is 0. The lowest BCUT2D eigenvalue weighted by atomic mass is 10.3. The van der Waals surface area contributed by atoms with E-state index >= 15 is 0 Å². The van der Waals surface area contributed by atoms with Crippen LogP contribution in [-0.4, -0.2) is 20.0 Å². The van der Waals surface area contributed by atoms with Crippen LogP contribution in [0.4, 0.5) is 8.78 Å². The standard InChI is InChI=1S/C15H10F2N4/c16-12-7-8-13(17)15-14(12)19-21(20-15)10-4-2-6-11-5-1-3-9-18-11/h1,3,5,7-9H,4,10H2. The van der Waals surface area contributed by atoms with Crippen LogP contribution in [0.25, 0.3) is 11.0 Å². The number of rotatable bonds is 2. The van der Waals surface area contributed by atoms with Crippen molar-refractivity contribution in [1.82, 2.24) is 20.0 Å². The van der Waals surface area contributed by atoms with E-state index in [1.165, 1.54) is 4.80 Å². The van der Waals surface area contributed by atoms with Gasteiger partial charge in [-0.15, -0.1) is 0 Å². The number of benzene rings is 1. The summed E-state index contributed by atoms with van der Waals surface area (Å²) in [6, 6.07) is 7.55. The Morgan fingerprint density at radius 2 is 1.71 bits per heavy atom. The first-order valence-electron chi connectivity index (χ1n) is 6.33. The fraction of sp³-hybridized carbons (Fsp3) is 0.133. The van der Waals surface area contributed by atoms with Gasteiger partial charge < -0.3 is 0 Å². The maximum absolute atomic E-state index is 13.5. The van der Waals surface area contributed by atoms with Gasteiger partial charge in [-0.2, -0.15) is 15.0 Å². The van der Waals surface area contributed by atoms with Crippen LogP contribution in [0.2, 0.25) is 0 Å². The fourth-order valence-corrected chi connectivity index (χ4v) is 1.82. The van der Waals surface area contributed by atoms with Crippen LogP contribution in [0.5, 0.6) is 0 Å². The molecular formula is C15H10F2N4. The van der Waals surface area contributed by atoms with Gasteiger partial charge in [0.15, 0.2) is 22.7 Å². The third-order valence-corrected chi connectivity index (χ3v) is 2.80. The van der Waals surface area contributed by atoms with Crippen LogP contribution in [0.1, 0.15) is 12.1 Å². The molecule has 0 radical (unpaired) electrons. The first-order chi connectivity index (χ1) is 10.2. The van der Waals surface area contributed by atoms with E-state index in [1.54, 1.807) is 12.3 Å². The maximum Gasteiger partial charge on any atom is 0.153 e. The van der Waals surface area contributed by atoms with E-state index in [4.69, 9.17) is 0 Å². The summed E-state index contributed by atoms with van der Waals surface area (Å²) in [6.45, 7) is 0.355. The molecule has 3 rings (SSSR count). The minimum Gasteiger partial charge on any atom is -0.248 e. The predicted octanol–water partition coefficient (Wildman–Crippen LogP) is 2.55. The molecular weight excluding hydrogens is 274 g/mol. The molecule has 0 atom stereocenters. The summed E-state index contributed by atoms with van der Waals surface area (Å²) in [5, 5.41) is 7.85. The summed E-state index contributed by atoms with van der Waals surface area (Å²) in [5.41, 5.74) is 0.550. The van der Waals surface area contributed by atoms with Gasteiger partial charge in [-0.05, 0) is 30.2 Å². The van der Waals surface area contributed by atoms with Crippen LogP contribution < -0.4 is 0 Å². The van der Waals surface area contributed by atoms with E-state index in [0.717, 1.165) is 12.1 Å². The number of halogens is 2. The van der Waals surface area contributed by atoms with Gasteiger partial charge in [0.1, 0.15) is 5.69 Å². The molecule has 0 aliphatic rings.